The number of anilines is 1. The lowest BCUT2D eigenvalue weighted by molar-refractivity contribution is -0.118. The van der Waals surface area contributed by atoms with Gasteiger partial charge in [0.1, 0.15) is 0 Å². The molecule has 0 unspecified atom stereocenters. The van der Waals surface area contributed by atoms with Crippen LogP contribution in [0.1, 0.15) is 23.1 Å². The van der Waals surface area contributed by atoms with Crippen LogP contribution in [-0.4, -0.2) is 13.0 Å². The molecule has 0 bridgehead atoms. The second kappa shape index (κ2) is 6.71. The van der Waals surface area contributed by atoms with Crippen LogP contribution < -0.4 is 4.90 Å². The van der Waals surface area contributed by atoms with Gasteiger partial charge in [0.2, 0.25) is 5.91 Å². The largest absolute Gasteiger partial charge is 0.315 e. The van der Waals surface area contributed by atoms with Crippen LogP contribution in [0.5, 0.6) is 0 Å². The van der Waals surface area contributed by atoms with Crippen LogP contribution in [0.15, 0.2) is 48.5 Å². The summed E-state index contributed by atoms with van der Waals surface area (Å²) in [6, 6.07) is 17.3. The van der Waals surface area contributed by atoms with E-state index >= 15 is 0 Å². The first-order valence-corrected chi connectivity index (χ1v) is 6.92. The Hall–Kier alpha value is -2.60. The molecular weight excluding hydrogens is 260 g/mol. The smallest absolute Gasteiger partial charge is 0.227 e. The van der Waals surface area contributed by atoms with E-state index in [0.29, 0.717) is 12.0 Å². The van der Waals surface area contributed by atoms with Crippen molar-refractivity contribution in [1.29, 1.82) is 5.26 Å². The Morgan fingerprint density at radius 1 is 1.19 bits per heavy atom. The topological polar surface area (TPSA) is 44.1 Å². The number of nitriles is 1. The number of hydrogen-bond donors (Lipinski definition) is 0. The second-order valence-corrected chi connectivity index (χ2v) is 5.10. The van der Waals surface area contributed by atoms with E-state index in [1.807, 2.05) is 25.1 Å². The molecule has 106 valence electrons. The van der Waals surface area contributed by atoms with E-state index in [2.05, 4.69) is 12.1 Å². The predicted molar refractivity (Wildman–Crippen MR) is 84.1 cm³/mol. The normalized spacial score (nSPS) is 9.95. The van der Waals surface area contributed by atoms with Gasteiger partial charge in [0, 0.05) is 19.2 Å². The summed E-state index contributed by atoms with van der Waals surface area (Å²) in [5, 5.41) is 8.78. The third-order valence-corrected chi connectivity index (χ3v) is 3.47. The zero-order valence-electron chi connectivity index (χ0n) is 12.3. The van der Waals surface area contributed by atoms with Crippen molar-refractivity contribution >= 4 is 11.6 Å². The molecule has 0 fully saturated rings. The van der Waals surface area contributed by atoms with Gasteiger partial charge in [0.15, 0.2) is 0 Å². The summed E-state index contributed by atoms with van der Waals surface area (Å²) in [5.74, 6) is 0.0706. The Morgan fingerprint density at radius 3 is 2.52 bits per heavy atom. The minimum Gasteiger partial charge on any atom is -0.315 e. The Morgan fingerprint density at radius 2 is 1.90 bits per heavy atom. The fraction of sp³-hybridized carbons (Fsp3) is 0.222. The molecule has 21 heavy (non-hydrogen) atoms. The molecule has 0 saturated carbocycles. The number of carbonyl (C=O) groups excluding carboxylic acids is 1. The van der Waals surface area contributed by atoms with Gasteiger partial charge < -0.3 is 4.90 Å². The molecule has 2 aromatic rings. The monoisotopic (exact) mass is 278 g/mol. The number of aryl methyl sites for hydroxylation is 2. The summed E-state index contributed by atoms with van der Waals surface area (Å²) < 4.78 is 0. The third kappa shape index (κ3) is 3.93. The lowest BCUT2D eigenvalue weighted by Gasteiger charge is -2.17. The van der Waals surface area contributed by atoms with Gasteiger partial charge in [-0.3, -0.25) is 4.79 Å². The van der Waals surface area contributed by atoms with Crippen LogP contribution >= 0.6 is 0 Å². The zero-order chi connectivity index (χ0) is 15.2. The minimum absolute atomic E-state index is 0.0706. The molecule has 0 spiro atoms. The zero-order valence-corrected chi connectivity index (χ0v) is 12.3. The van der Waals surface area contributed by atoms with Gasteiger partial charge in [-0.15, -0.1) is 0 Å². The molecule has 1 amide bonds. The van der Waals surface area contributed by atoms with Crippen molar-refractivity contribution in [2.75, 3.05) is 11.9 Å². The Balaban J connectivity index is 1.97. The molecule has 0 aliphatic rings. The van der Waals surface area contributed by atoms with Gasteiger partial charge >= 0.3 is 0 Å². The average Bonchev–Trinajstić information content (AvgIpc) is 2.52. The number of rotatable bonds is 4. The lowest BCUT2D eigenvalue weighted by Crippen LogP contribution is -2.26. The number of hydrogen-bond acceptors (Lipinski definition) is 2. The molecular formula is C18H18N2O. The van der Waals surface area contributed by atoms with Gasteiger partial charge in [-0.25, -0.2) is 0 Å². The van der Waals surface area contributed by atoms with Crippen LogP contribution in [-0.2, 0) is 11.2 Å². The first kappa shape index (κ1) is 14.8. The highest BCUT2D eigenvalue weighted by Crippen LogP contribution is 2.15. The number of carbonyl (C=O) groups is 1. The van der Waals surface area contributed by atoms with Gasteiger partial charge in [-0.05, 0) is 43.2 Å². The van der Waals surface area contributed by atoms with Crippen LogP contribution in [0.2, 0.25) is 0 Å². The van der Waals surface area contributed by atoms with E-state index in [0.717, 1.165) is 12.1 Å². The molecule has 0 radical (unpaired) electrons. The van der Waals surface area contributed by atoms with E-state index in [9.17, 15) is 4.79 Å². The Kier molecular flexibility index (Phi) is 4.73. The molecule has 3 nitrogen and oxygen atoms in total. The van der Waals surface area contributed by atoms with Crippen molar-refractivity contribution in [3.05, 3.63) is 65.2 Å². The highest BCUT2D eigenvalue weighted by molar-refractivity contribution is 5.92. The molecule has 3 heteroatoms. The average molecular weight is 278 g/mol. The predicted octanol–water partition coefficient (Wildman–Crippen LogP) is 3.46. The molecule has 0 atom stereocenters. The van der Waals surface area contributed by atoms with E-state index in [1.54, 1.807) is 36.2 Å². The first-order chi connectivity index (χ1) is 10.1. The van der Waals surface area contributed by atoms with Crippen LogP contribution in [0, 0.1) is 18.3 Å². The Bertz CT molecular complexity index is 668. The van der Waals surface area contributed by atoms with Crippen molar-refractivity contribution < 1.29 is 4.79 Å². The van der Waals surface area contributed by atoms with Gasteiger partial charge in [-0.2, -0.15) is 5.26 Å². The highest BCUT2D eigenvalue weighted by Gasteiger charge is 2.11. The fourth-order valence-electron chi connectivity index (χ4n) is 2.19. The number of benzene rings is 2. The number of amides is 1. The van der Waals surface area contributed by atoms with E-state index in [1.165, 1.54) is 11.1 Å². The van der Waals surface area contributed by atoms with E-state index < -0.39 is 0 Å². The lowest BCUT2D eigenvalue weighted by atomic mass is 10.1. The summed E-state index contributed by atoms with van der Waals surface area (Å²) in [5.41, 5.74) is 3.79. The molecule has 0 aliphatic heterocycles. The maximum atomic E-state index is 12.2. The summed E-state index contributed by atoms with van der Waals surface area (Å²) in [6.07, 6.45) is 1.21. The quantitative estimate of drug-likeness (QED) is 0.859. The van der Waals surface area contributed by atoms with Crippen LogP contribution in [0.4, 0.5) is 5.69 Å². The first-order valence-electron chi connectivity index (χ1n) is 6.92. The van der Waals surface area contributed by atoms with Crippen LogP contribution in [0.3, 0.4) is 0 Å². The maximum Gasteiger partial charge on any atom is 0.227 e. The number of nitrogens with zero attached hydrogens (tertiary/aromatic N) is 2. The summed E-state index contributed by atoms with van der Waals surface area (Å²) in [6.45, 7) is 2.05. The SMILES string of the molecule is Cc1cccc(CCC(=O)N(C)c2ccc(C#N)cc2)c1. The summed E-state index contributed by atoms with van der Waals surface area (Å²) >= 11 is 0. The van der Waals surface area contributed by atoms with E-state index in [-0.39, 0.29) is 5.91 Å². The Labute approximate surface area is 125 Å². The highest BCUT2D eigenvalue weighted by atomic mass is 16.2. The molecule has 0 N–H and O–H groups in total. The minimum atomic E-state index is 0.0706. The molecule has 2 aromatic carbocycles. The maximum absolute atomic E-state index is 12.2. The standard InChI is InChI=1S/C18H18N2O/c1-14-4-3-5-15(12-14)8-11-18(21)20(2)17-9-6-16(13-19)7-10-17/h3-7,9-10,12H,8,11H2,1-2H3. The third-order valence-electron chi connectivity index (χ3n) is 3.47. The summed E-state index contributed by atoms with van der Waals surface area (Å²) in [4.78, 5) is 13.9. The fourth-order valence-corrected chi connectivity index (χ4v) is 2.19. The second-order valence-electron chi connectivity index (χ2n) is 5.10. The molecule has 0 heterocycles. The van der Waals surface area contributed by atoms with E-state index in [4.69, 9.17) is 5.26 Å². The molecule has 0 aliphatic carbocycles. The van der Waals surface area contributed by atoms with Crippen molar-refractivity contribution in [1.82, 2.24) is 0 Å². The summed E-state index contributed by atoms with van der Waals surface area (Å²) in [7, 11) is 1.76. The van der Waals surface area contributed by atoms with Crippen molar-refractivity contribution in [3.63, 3.8) is 0 Å². The van der Waals surface area contributed by atoms with Crippen molar-refractivity contribution in [3.8, 4) is 6.07 Å². The van der Waals surface area contributed by atoms with Crippen molar-refractivity contribution in [2.24, 2.45) is 0 Å². The van der Waals surface area contributed by atoms with Gasteiger partial charge in [0.25, 0.3) is 0 Å². The van der Waals surface area contributed by atoms with Crippen molar-refractivity contribution in [2.45, 2.75) is 19.8 Å². The molecule has 0 saturated heterocycles. The molecule has 2 rings (SSSR count). The van der Waals surface area contributed by atoms with Crippen LogP contribution in [0.25, 0.3) is 0 Å². The molecule has 0 aromatic heterocycles. The van der Waals surface area contributed by atoms with Gasteiger partial charge in [0.05, 0.1) is 11.6 Å². The van der Waals surface area contributed by atoms with Gasteiger partial charge in [-0.1, -0.05) is 29.8 Å².